The van der Waals surface area contributed by atoms with Crippen molar-refractivity contribution in [1.82, 2.24) is 25.1 Å². The van der Waals surface area contributed by atoms with Gasteiger partial charge in [-0.3, -0.25) is 9.89 Å². The van der Waals surface area contributed by atoms with Crippen molar-refractivity contribution < 1.29 is 13.2 Å². The van der Waals surface area contributed by atoms with Crippen LogP contribution in [0.25, 0.3) is 11.0 Å². The van der Waals surface area contributed by atoms with Gasteiger partial charge < -0.3 is 20.4 Å². The normalized spacial score (nSPS) is 16.8. The van der Waals surface area contributed by atoms with Crippen molar-refractivity contribution in [3.05, 3.63) is 24.3 Å². The van der Waals surface area contributed by atoms with E-state index in [0.717, 1.165) is 56.7 Å². The van der Waals surface area contributed by atoms with Gasteiger partial charge in [-0.1, -0.05) is 0 Å². The van der Waals surface area contributed by atoms with Crippen LogP contribution in [0.1, 0.15) is 19.8 Å². The average molecular weight is 471 g/mol. The molecule has 3 N–H and O–H groups in total. The molecule has 11 nitrogen and oxygen atoms in total. The van der Waals surface area contributed by atoms with Crippen LogP contribution >= 0.6 is 0 Å². The molecule has 0 spiro atoms. The number of fused-ring (bicyclic) bond motifs is 1. The molecule has 0 atom stereocenters. The molecule has 1 aromatic carbocycles. The number of H-pyrrole nitrogens is 1. The molecule has 1 aliphatic heterocycles. The number of aromatic nitrogens is 4. The Bertz CT molecular complexity index is 1290. The van der Waals surface area contributed by atoms with Crippen LogP contribution in [-0.4, -0.2) is 77.9 Å². The number of rotatable bonds is 6. The Morgan fingerprint density at radius 1 is 1.09 bits per heavy atom. The second-order valence-electron chi connectivity index (χ2n) is 8.50. The fraction of sp³-hybridized carbons (Fsp3) is 0.429. The lowest BCUT2D eigenvalue weighted by Gasteiger charge is -2.35. The SMILES string of the molecule is CC(=O)N1CCN(c2ccc(Nc3nc(NC4CC4)c4c(S(C)(=O)=O)[nH]nc4n3)cc2)CC1. The minimum Gasteiger partial charge on any atom is -0.368 e. The number of piperazine rings is 1. The van der Waals surface area contributed by atoms with Gasteiger partial charge in [-0.25, -0.2) is 8.42 Å². The molecule has 0 unspecified atom stereocenters. The monoisotopic (exact) mass is 470 g/mol. The molecule has 1 aliphatic carbocycles. The summed E-state index contributed by atoms with van der Waals surface area (Å²) in [7, 11) is -3.50. The molecule has 12 heteroatoms. The fourth-order valence-electron chi connectivity index (χ4n) is 3.91. The van der Waals surface area contributed by atoms with Crippen LogP contribution in [0.3, 0.4) is 0 Å². The van der Waals surface area contributed by atoms with E-state index >= 15 is 0 Å². The zero-order chi connectivity index (χ0) is 23.2. The molecule has 3 aromatic rings. The van der Waals surface area contributed by atoms with Gasteiger partial charge in [-0.05, 0) is 37.1 Å². The quantitative estimate of drug-likeness (QED) is 0.492. The van der Waals surface area contributed by atoms with Crippen molar-refractivity contribution in [2.75, 3.05) is 48.0 Å². The van der Waals surface area contributed by atoms with Gasteiger partial charge in [0.05, 0.1) is 0 Å². The lowest BCUT2D eigenvalue weighted by atomic mass is 10.2. The van der Waals surface area contributed by atoms with Gasteiger partial charge >= 0.3 is 0 Å². The van der Waals surface area contributed by atoms with Crippen LogP contribution in [0.4, 0.5) is 23.1 Å². The molecular formula is C21H26N8O3S. The predicted octanol–water partition coefficient (Wildman–Crippen LogP) is 1.74. The number of aromatic amines is 1. The van der Waals surface area contributed by atoms with Gasteiger partial charge in [0.25, 0.3) is 0 Å². The Hall–Kier alpha value is -3.41. The van der Waals surface area contributed by atoms with E-state index in [1.54, 1.807) is 6.92 Å². The lowest BCUT2D eigenvalue weighted by Crippen LogP contribution is -2.48. The van der Waals surface area contributed by atoms with Crippen molar-refractivity contribution in [3.63, 3.8) is 0 Å². The molecule has 2 fully saturated rings. The summed E-state index contributed by atoms with van der Waals surface area (Å²) in [4.78, 5) is 24.6. The third-order valence-electron chi connectivity index (χ3n) is 5.88. The van der Waals surface area contributed by atoms with Gasteiger partial charge in [0.15, 0.2) is 20.5 Å². The number of amides is 1. The largest absolute Gasteiger partial charge is 0.368 e. The average Bonchev–Trinajstić information content (AvgIpc) is 3.48. The van der Waals surface area contributed by atoms with Crippen molar-refractivity contribution in [1.29, 1.82) is 0 Å². The number of nitrogens with one attached hydrogen (secondary N) is 3. The summed E-state index contributed by atoms with van der Waals surface area (Å²) in [6.45, 7) is 4.64. The van der Waals surface area contributed by atoms with Gasteiger partial charge in [-0.2, -0.15) is 15.1 Å². The lowest BCUT2D eigenvalue weighted by molar-refractivity contribution is -0.129. The maximum atomic E-state index is 12.2. The number of benzene rings is 1. The summed E-state index contributed by atoms with van der Waals surface area (Å²) in [5.74, 6) is 0.904. The molecular weight excluding hydrogens is 444 g/mol. The first-order chi connectivity index (χ1) is 15.8. The van der Waals surface area contributed by atoms with Crippen LogP contribution in [0.5, 0.6) is 0 Å². The van der Waals surface area contributed by atoms with Gasteiger partial charge in [-0.15, -0.1) is 0 Å². The zero-order valence-electron chi connectivity index (χ0n) is 18.5. The molecule has 2 aliphatic rings. The Balaban J connectivity index is 1.36. The Labute approximate surface area is 191 Å². The molecule has 1 saturated carbocycles. The zero-order valence-corrected chi connectivity index (χ0v) is 19.3. The van der Waals surface area contributed by atoms with E-state index in [1.807, 2.05) is 29.2 Å². The van der Waals surface area contributed by atoms with E-state index in [-0.39, 0.29) is 22.6 Å². The highest BCUT2D eigenvalue weighted by molar-refractivity contribution is 7.90. The number of hydrogen-bond donors (Lipinski definition) is 3. The van der Waals surface area contributed by atoms with Crippen LogP contribution in [0, 0.1) is 0 Å². The highest BCUT2D eigenvalue weighted by Gasteiger charge is 2.27. The number of sulfone groups is 1. The van der Waals surface area contributed by atoms with E-state index in [0.29, 0.717) is 17.2 Å². The van der Waals surface area contributed by atoms with Gasteiger partial charge in [0.2, 0.25) is 11.9 Å². The van der Waals surface area contributed by atoms with Crippen LogP contribution < -0.4 is 15.5 Å². The second kappa shape index (κ2) is 8.18. The van der Waals surface area contributed by atoms with Crippen LogP contribution in [-0.2, 0) is 14.6 Å². The number of carbonyl (C=O) groups excluding carboxylic acids is 1. The van der Waals surface area contributed by atoms with Crippen molar-refractivity contribution >= 4 is 49.9 Å². The standard InChI is InChI=1S/C21H26N8O3S/c1-13(30)28-9-11-29(12-10-28)16-7-5-15(6-8-16)23-21-24-18(22-14-3-4-14)17-19(25-21)26-27-20(17)33(2,31)32/h5-8,14H,3-4,9-12H2,1-2H3,(H3,22,23,24,25,26,27). The van der Waals surface area contributed by atoms with Gasteiger partial charge in [0, 0.05) is 56.8 Å². The molecule has 0 radical (unpaired) electrons. The third kappa shape index (κ3) is 4.56. The maximum absolute atomic E-state index is 12.2. The molecule has 1 saturated heterocycles. The molecule has 33 heavy (non-hydrogen) atoms. The summed E-state index contributed by atoms with van der Waals surface area (Å²) < 4.78 is 24.3. The minimum atomic E-state index is -3.50. The minimum absolute atomic E-state index is 0.0152. The van der Waals surface area contributed by atoms with Crippen molar-refractivity contribution in [3.8, 4) is 0 Å². The van der Waals surface area contributed by atoms with Crippen LogP contribution in [0.2, 0.25) is 0 Å². The summed E-state index contributed by atoms with van der Waals surface area (Å²) in [5.41, 5.74) is 2.18. The first kappa shape index (κ1) is 21.4. The fourth-order valence-corrected chi connectivity index (χ4v) is 4.68. The van der Waals surface area contributed by atoms with E-state index in [9.17, 15) is 13.2 Å². The summed E-state index contributed by atoms with van der Waals surface area (Å²) in [6.07, 6.45) is 3.17. The van der Waals surface area contributed by atoms with E-state index < -0.39 is 9.84 Å². The van der Waals surface area contributed by atoms with Crippen molar-refractivity contribution in [2.45, 2.75) is 30.8 Å². The topological polar surface area (TPSA) is 136 Å². The number of hydrogen-bond acceptors (Lipinski definition) is 9. The highest BCUT2D eigenvalue weighted by atomic mass is 32.2. The Kier molecular flexibility index (Phi) is 5.31. The number of anilines is 4. The van der Waals surface area contributed by atoms with E-state index in [2.05, 4.69) is 35.7 Å². The summed E-state index contributed by atoms with van der Waals surface area (Å²) in [6, 6.07) is 8.20. The maximum Gasteiger partial charge on any atom is 0.231 e. The first-order valence-electron chi connectivity index (χ1n) is 10.9. The Morgan fingerprint density at radius 3 is 2.39 bits per heavy atom. The number of carbonyl (C=O) groups is 1. The molecule has 3 heterocycles. The molecule has 174 valence electrons. The van der Waals surface area contributed by atoms with E-state index in [4.69, 9.17) is 0 Å². The molecule has 5 rings (SSSR count). The molecule has 2 aromatic heterocycles. The smallest absolute Gasteiger partial charge is 0.231 e. The van der Waals surface area contributed by atoms with Crippen molar-refractivity contribution in [2.24, 2.45) is 0 Å². The Morgan fingerprint density at radius 2 is 1.79 bits per heavy atom. The summed E-state index contributed by atoms with van der Waals surface area (Å²) in [5, 5.41) is 13.6. The van der Waals surface area contributed by atoms with Crippen LogP contribution in [0.15, 0.2) is 29.3 Å². The van der Waals surface area contributed by atoms with Gasteiger partial charge in [0.1, 0.15) is 11.2 Å². The molecule has 0 bridgehead atoms. The summed E-state index contributed by atoms with van der Waals surface area (Å²) >= 11 is 0. The third-order valence-corrected chi connectivity index (χ3v) is 6.92. The molecule has 1 amide bonds. The first-order valence-corrected chi connectivity index (χ1v) is 12.8. The highest BCUT2D eigenvalue weighted by Crippen LogP contribution is 2.32. The second-order valence-corrected chi connectivity index (χ2v) is 10.5. The number of nitrogens with zero attached hydrogens (tertiary/aromatic N) is 5. The predicted molar refractivity (Wildman–Crippen MR) is 126 cm³/mol. The van der Waals surface area contributed by atoms with E-state index in [1.165, 1.54) is 0 Å².